The Hall–Kier alpha value is -2.27. The van der Waals surface area contributed by atoms with Crippen LogP contribution in [0, 0.1) is 0 Å². The van der Waals surface area contributed by atoms with Gasteiger partial charge in [-0.1, -0.05) is 25.7 Å². The predicted octanol–water partition coefficient (Wildman–Crippen LogP) is 4.52. The number of aromatic nitrogens is 2. The van der Waals surface area contributed by atoms with Crippen molar-refractivity contribution in [2.24, 2.45) is 5.73 Å². The van der Waals surface area contributed by atoms with Gasteiger partial charge in [-0.3, -0.25) is 9.78 Å². The van der Waals surface area contributed by atoms with Gasteiger partial charge in [0.2, 0.25) is 0 Å². The monoisotopic (exact) mass is 392 g/mol. The van der Waals surface area contributed by atoms with E-state index in [0.29, 0.717) is 29.6 Å². The third-order valence-electron chi connectivity index (χ3n) is 6.68. The van der Waals surface area contributed by atoms with Crippen molar-refractivity contribution in [1.29, 1.82) is 0 Å². The molecule has 5 nitrogen and oxygen atoms in total. The Bertz CT molecular complexity index is 860. The third-order valence-corrected chi connectivity index (χ3v) is 6.68. The first kappa shape index (κ1) is 20.0. The van der Waals surface area contributed by atoms with Gasteiger partial charge in [-0.05, 0) is 67.3 Å². The maximum atomic E-state index is 13.2. The van der Waals surface area contributed by atoms with Crippen molar-refractivity contribution < 1.29 is 4.79 Å². The van der Waals surface area contributed by atoms with Crippen molar-refractivity contribution >= 4 is 11.5 Å². The number of carbonyl (C=O) groups is 1. The SMILES string of the molecule is Nc1ccc(C2CCCCC2)nc1C(=O)Cc1cnccc1[C@@H]1CCC[C@H](N)C1. The number of nitrogens with two attached hydrogens (primary N) is 2. The highest BCUT2D eigenvalue weighted by molar-refractivity contribution is 6.00. The van der Waals surface area contributed by atoms with E-state index in [1.54, 1.807) is 0 Å². The van der Waals surface area contributed by atoms with E-state index in [1.807, 2.05) is 24.5 Å². The molecule has 4 N–H and O–H groups in total. The van der Waals surface area contributed by atoms with Gasteiger partial charge in [0, 0.05) is 36.5 Å². The average molecular weight is 393 g/mol. The summed E-state index contributed by atoms with van der Waals surface area (Å²) in [7, 11) is 0. The molecule has 2 aliphatic rings. The predicted molar refractivity (Wildman–Crippen MR) is 116 cm³/mol. The van der Waals surface area contributed by atoms with Crippen molar-refractivity contribution in [3.63, 3.8) is 0 Å². The van der Waals surface area contributed by atoms with E-state index in [4.69, 9.17) is 16.5 Å². The Morgan fingerprint density at radius 2 is 1.79 bits per heavy atom. The van der Waals surface area contributed by atoms with Crippen molar-refractivity contribution in [3.05, 3.63) is 53.1 Å². The number of nitrogens with zero attached hydrogens (tertiary/aromatic N) is 2. The minimum atomic E-state index is -0.0190. The van der Waals surface area contributed by atoms with E-state index in [9.17, 15) is 4.79 Å². The van der Waals surface area contributed by atoms with Gasteiger partial charge in [0.25, 0.3) is 0 Å². The van der Waals surface area contributed by atoms with E-state index in [0.717, 1.165) is 49.8 Å². The number of pyridine rings is 2. The molecular formula is C24H32N4O. The molecule has 0 spiro atoms. The number of anilines is 1. The second-order valence-corrected chi connectivity index (χ2v) is 8.81. The number of rotatable bonds is 5. The van der Waals surface area contributed by atoms with E-state index < -0.39 is 0 Å². The molecule has 2 aromatic rings. The van der Waals surface area contributed by atoms with Crippen LogP contribution in [0.2, 0.25) is 0 Å². The van der Waals surface area contributed by atoms with Crippen LogP contribution < -0.4 is 11.5 Å². The summed E-state index contributed by atoms with van der Waals surface area (Å²) in [4.78, 5) is 22.2. The molecule has 2 aromatic heterocycles. The quantitative estimate of drug-likeness (QED) is 0.730. The lowest BCUT2D eigenvalue weighted by Crippen LogP contribution is -2.27. The van der Waals surface area contributed by atoms with Crippen LogP contribution in [-0.2, 0) is 6.42 Å². The lowest BCUT2D eigenvalue weighted by atomic mass is 9.80. The van der Waals surface area contributed by atoms with Gasteiger partial charge in [-0.25, -0.2) is 4.98 Å². The van der Waals surface area contributed by atoms with E-state index in [1.165, 1.54) is 24.8 Å². The minimum Gasteiger partial charge on any atom is -0.397 e. The summed E-state index contributed by atoms with van der Waals surface area (Å²) in [5.41, 5.74) is 16.5. The number of nitrogen functional groups attached to an aromatic ring is 1. The van der Waals surface area contributed by atoms with Crippen molar-refractivity contribution in [2.75, 3.05) is 5.73 Å². The standard InChI is InChI=1S/C24H32N4O/c25-19-8-4-7-17(13-19)20-11-12-27-15-18(20)14-23(29)24-21(26)9-10-22(28-24)16-5-2-1-3-6-16/h9-12,15-17,19H,1-8,13-14,25-26H2/t17-,19+/m1/s1. The number of carbonyl (C=O) groups excluding carboxylic acids is 1. The highest BCUT2D eigenvalue weighted by Gasteiger charge is 2.25. The lowest BCUT2D eigenvalue weighted by molar-refractivity contribution is 0.0988. The molecule has 154 valence electrons. The summed E-state index contributed by atoms with van der Waals surface area (Å²) in [5, 5.41) is 0. The molecule has 0 aromatic carbocycles. The summed E-state index contributed by atoms with van der Waals surface area (Å²) in [5.74, 6) is 0.839. The number of Topliss-reactive ketones (excluding diaryl/α,β-unsaturated/α-hetero) is 1. The molecule has 2 atom stereocenters. The molecule has 0 amide bonds. The summed E-state index contributed by atoms with van der Waals surface area (Å²) in [6.07, 6.45) is 14.3. The van der Waals surface area contributed by atoms with Gasteiger partial charge in [-0.2, -0.15) is 0 Å². The van der Waals surface area contributed by atoms with Crippen LogP contribution in [0.5, 0.6) is 0 Å². The smallest absolute Gasteiger partial charge is 0.187 e. The molecule has 4 rings (SSSR count). The molecule has 0 saturated heterocycles. The molecule has 2 fully saturated rings. The van der Waals surface area contributed by atoms with Gasteiger partial charge in [0.05, 0.1) is 5.69 Å². The highest BCUT2D eigenvalue weighted by atomic mass is 16.1. The molecule has 0 bridgehead atoms. The van der Waals surface area contributed by atoms with Gasteiger partial charge in [0.15, 0.2) is 5.78 Å². The Morgan fingerprint density at radius 3 is 2.59 bits per heavy atom. The zero-order valence-corrected chi connectivity index (χ0v) is 17.1. The summed E-state index contributed by atoms with van der Waals surface area (Å²) >= 11 is 0. The maximum Gasteiger partial charge on any atom is 0.187 e. The van der Waals surface area contributed by atoms with Crippen LogP contribution in [0.3, 0.4) is 0 Å². The largest absolute Gasteiger partial charge is 0.397 e. The second kappa shape index (κ2) is 9.04. The van der Waals surface area contributed by atoms with Gasteiger partial charge in [-0.15, -0.1) is 0 Å². The van der Waals surface area contributed by atoms with Gasteiger partial charge >= 0.3 is 0 Å². The molecule has 0 unspecified atom stereocenters. The second-order valence-electron chi connectivity index (χ2n) is 8.81. The fourth-order valence-corrected chi connectivity index (χ4v) is 5.08. The number of hydrogen-bond donors (Lipinski definition) is 2. The van der Waals surface area contributed by atoms with Crippen LogP contribution in [0.1, 0.15) is 96.9 Å². The molecule has 2 aliphatic carbocycles. The molecule has 2 heterocycles. The van der Waals surface area contributed by atoms with Crippen LogP contribution >= 0.6 is 0 Å². The zero-order valence-electron chi connectivity index (χ0n) is 17.1. The van der Waals surface area contributed by atoms with E-state index >= 15 is 0 Å². The summed E-state index contributed by atoms with van der Waals surface area (Å²) in [6.45, 7) is 0. The van der Waals surface area contributed by atoms with Crippen LogP contribution in [0.15, 0.2) is 30.6 Å². The molecule has 0 aliphatic heterocycles. The fraction of sp³-hybridized carbons (Fsp3) is 0.542. The van der Waals surface area contributed by atoms with E-state index in [-0.39, 0.29) is 11.8 Å². The minimum absolute atomic E-state index is 0.0190. The Labute approximate surface area is 173 Å². The molecule has 29 heavy (non-hydrogen) atoms. The van der Waals surface area contributed by atoms with Gasteiger partial charge in [0.1, 0.15) is 5.69 Å². The van der Waals surface area contributed by atoms with Crippen molar-refractivity contribution in [2.45, 2.75) is 82.1 Å². The van der Waals surface area contributed by atoms with Gasteiger partial charge < -0.3 is 11.5 Å². The highest BCUT2D eigenvalue weighted by Crippen LogP contribution is 2.35. The number of hydrogen-bond acceptors (Lipinski definition) is 5. The lowest BCUT2D eigenvalue weighted by Gasteiger charge is -2.28. The maximum absolute atomic E-state index is 13.2. The van der Waals surface area contributed by atoms with Crippen LogP contribution in [0.4, 0.5) is 5.69 Å². The van der Waals surface area contributed by atoms with Crippen molar-refractivity contribution in [3.8, 4) is 0 Å². The van der Waals surface area contributed by atoms with Crippen molar-refractivity contribution in [1.82, 2.24) is 9.97 Å². The Morgan fingerprint density at radius 1 is 1.00 bits per heavy atom. The Kier molecular flexibility index (Phi) is 6.24. The van der Waals surface area contributed by atoms with Crippen LogP contribution in [0.25, 0.3) is 0 Å². The average Bonchev–Trinajstić information content (AvgIpc) is 2.75. The zero-order chi connectivity index (χ0) is 20.2. The van der Waals surface area contributed by atoms with E-state index in [2.05, 4.69) is 11.1 Å². The molecular weight excluding hydrogens is 360 g/mol. The topological polar surface area (TPSA) is 94.9 Å². The molecule has 5 heteroatoms. The number of ketones is 1. The summed E-state index contributed by atoms with van der Waals surface area (Å²) in [6, 6.07) is 6.16. The fourth-order valence-electron chi connectivity index (χ4n) is 5.08. The summed E-state index contributed by atoms with van der Waals surface area (Å²) < 4.78 is 0. The molecule has 2 saturated carbocycles. The normalized spacial score (nSPS) is 23.1. The van der Waals surface area contributed by atoms with Crippen LogP contribution in [-0.4, -0.2) is 21.8 Å². The molecule has 0 radical (unpaired) electrons. The third kappa shape index (κ3) is 4.67. The first-order valence-corrected chi connectivity index (χ1v) is 11.1. The first-order chi connectivity index (χ1) is 14.1. The Balaban J connectivity index is 1.55. The first-order valence-electron chi connectivity index (χ1n) is 11.1.